The molecule has 0 aliphatic heterocycles. The fourth-order valence-electron chi connectivity index (χ4n) is 1.48. The fourth-order valence-corrected chi connectivity index (χ4v) is 1.48. The molecule has 0 aliphatic rings. The molecular weight excluding hydrogens is 221 g/mol. The van der Waals surface area contributed by atoms with Crippen LogP contribution in [0.5, 0.6) is 5.88 Å². The van der Waals surface area contributed by atoms with Crippen LogP contribution < -0.4 is 10.5 Å². The molecule has 0 atom stereocenters. The number of nitrogens with two attached hydrogens (primary N) is 1. The molecule has 0 fully saturated rings. The first-order valence-electron chi connectivity index (χ1n) is 5.12. The molecule has 4 nitrogen and oxygen atoms in total. The van der Waals surface area contributed by atoms with Gasteiger partial charge in [0.1, 0.15) is 11.5 Å². The molecule has 17 heavy (non-hydrogen) atoms. The minimum atomic E-state index is -0.573. The van der Waals surface area contributed by atoms with Crippen LogP contribution in [0.3, 0.4) is 0 Å². The number of aromatic nitrogens is 2. The molecule has 0 spiro atoms. The Morgan fingerprint density at radius 1 is 1.24 bits per heavy atom. The lowest BCUT2D eigenvalue weighted by Gasteiger charge is -2.08. The van der Waals surface area contributed by atoms with Gasteiger partial charge in [0, 0.05) is 5.56 Å². The van der Waals surface area contributed by atoms with Crippen molar-refractivity contribution < 1.29 is 9.13 Å². The minimum absolute atomic E-state index is 0.0840. The Bertz CT molecular complexity index is 517. The topological polar surface area (TPSA) is 61.0 Å². The lowest BCUT2D eigenvalue weighted by molar-refractivity contribution is 0.366. The highest BCUT2D eigenvalue weighted by Gasteiger charge is 2.15. The zero-order valence-electron chi connectivity index (χ0n) is 9.35. The predicted molar refractivity (Wildman–Crippen MR) is 61.9 cm³/mol. The van der Waals surface area contributed by atoms with Gasteiger partial charge in [0.2, 0.25) is 5.82 Å². The highest BCUT2D eigenvalue weighted by Crippen LogP contribution is 2.25. The third-order valence-corrected chi connectivity index (χ3v) is 2.29. The maximum atomic E-state index is 14.0. The van der Waals surface area contributed by atoms with Crippen molar-refractivity contribution in [1.29, 1.82) is 0 Å². The number of halogens is 1. The van der Waals surface area contributed by atoms with E-state index in [2.05, 4.69) is 9.97 Å². The number of ether oxygens (including phenoxy) is 1. The fraction of sp³-hybridized carbons (Fsp3) is 0.167. The van der Waals surface area contributed by atoms with Crippen LogP contribution in [0.25, 0.3) is 11.3 Å². The van der Waals surface area contributed by atoms with Crippen LogP contribution in [-0.2, 0) is 6.54 Å². The summed E-state index contributed by atoms with van der Waals surface area (Å²) in [5.74, 6) is -0.308. The number of rotatable bonds is 3. The Morgan fingerprint density at radius 2 is 1.94 bits per heavy atom. The molecular formula is C12H12FN3O. The Balaban J connectivity index is 2.60. The lowest BCUT2D eigenvalue weighted by Crippen LogP contribution is -2.07. The maximum Gasteiger partial charge on any atom is 0.254 e. The molecule has 0 radical (unpaired) electrons. The van der Waals surface area contributed by atoms with Crippen molar-refractivity contribution >= 4 is 0 Å². The van der Waals surface area contributed by atoms with Gasteiger partial charge in [-0.15, -0.1) is 0 Å². The molecule has 1 aromatic carbocycles. The first-order chi connectivity index (χ1) is 8.26. The highest BCUT2D eigenvalue weighted by molar-refractivity contribution is 5.60. The predicted octanol–water partition coefficient (Wildman–Crippen LogP) is 1.75. The van der Waals surface area contributed by atoms with Gasteiger partial charge in [-0.3, -0.25) is 0 Å². The van der Waals surface area contributed by atoms with Crippen LogP contribution in [-0.4, -0.2) is 17.1 Å². The molecule has 2 N–H and O–H groups in total. The summed E-state index contributed by atoms with van der Waals surface area (Å²) < 4.78 is 18.9. The summed E-state index contributed by atoms with van der Waals surface area (Å²) in [6.45, 7) is 0.135. The van der Waals surface area contributed by atoms with E-state index in [9.17, 15) is 4.39 Å². The summed E-state index contributed by atoms with van der Waals surface area (Å²) in [6.07, 6.45) is 0. The Labute approximate surface area is 98.3 Å². The second-order valence-electron chi connectivity index (χ2n) is 3.38. The van der Waals surface area contributed by atoms with E-state index in [1.165, 1.54) is 7.11 Å². The largest absolute Gasteiger partial charge is 0.479 e. The third-order valence-electron chi connectivity index (χ3n) is 2.29. The van der Waals surface area contributed by atoms with E-state index >= 15 is 0 Å². The Hall–Kier alpha value is -2.01. The van der Waals surface area contributed by atoms with Crippen LogP contribution in [0.15, 0.2) is 30.3 Å². The second-order valence-corrected chi connectivity index (χ2v) is 3.38. The lowest BCUT2D eigenvalue weighted by atomic mass is 10.1. The molecule has 88 valence electrons. The highest BCUT2D eigenvalue weighted by atomic mass is 19.1. The summed E-state index contributed by atoms with van der Waals surface area (Å²) in [6, 6.07) is 9.01. The van der Waals surface area contributed by atoms with Crippen molar-refractivity contribution in [1.82, 2.24) is 9.97 Å². The zero-order chi connectivity index (χ0) is 12.3. The first kappa shape index (κ1) is 11.5. The van der Waals surface area contributed by atoms with Gasteiger partial charge in [-0.05, 0) is 0 Å². The molecule has 0 aliphatic carbocycles. The van der Waals surface area contributed by atoms with E-state index in [4.69, 9.17) is 10.5 Å². The Kier molecular flexibility index (Phi) is 3.30. The van der Waals surface area contributed by atoms with Crippen molar-refractivity contribution in [2.24, 2.45) is 5.73 Å². The monoisotopic (exact) mass is 233 g/mol. The molecule has 0 saturated carbocycles. The minimum Gasteiger partial charge on any atom is -0.479 e. The number of benzene rings is 1. The van der Waals surface area contributed by atoms with Crippen molar-refractivity contribution in [2.45, 2.75) is 6.54 Å². The van der Waals surface area contributed by atoms with Crippen LogP contribution >= 0.6 is 0 Å². The molecule has 2 aromatic rings. The van der Waals surface area contributed by atoms with Crippen molar-refractivity contribution in [3.05, 3.63) is 42.0 Å². The van der Waals surface area contributed by atoms with E-state index in [-0.39, 0.29) is 18.1 Å². The van der Waals surface area contributed by atoms with Crippen LogP contribution in [0.2, 0.25) is 0 Å². The number of hydrogen-bond donors (Lipinski definition) is 1. The SMILES string of the molecule is COc1nc(CN)nc(-c2ccccc2)c1F. The van der Waals surface area contributed by atoms with E-state index in [0.29, 0.717) is 11.4 Å². The van der Waals surface area contributed by atoms with E-state index in [1.807, 2.05) is 18.2 Å². The summed E-state index contributed by atoms with van der Waals surface area (Å²) >= 11 is 0. The molecule has 2 rings (SSSR count). The quantitative estimate of drug-likeness (QED) is 0.877. The summed E-state index contributed by atoms with van der Waals surface area (Å²) in [7, 11) is 1.36. The normalized spacial score (nSPS) is 10.3. The van der Waals surface area contributed by atoms with Gasteiger partial charge in [-0.2, -0.15) is 9.37 Å². The first-order valence-corrected chi connectivity index (χ1v) is 5.12. The summed E-state index contributed by atoms with van der Waals surface area (Å²) in [4.78, 5) is 7.94. The summed E-state index contributed by atoms with van der Waals surface area (Å²) in [5, 5.41) is 0. The molecule has 1 heterocycles. The van der Waals surface area contributed by atoms with Crippen molar-refractivity contribution in [3.63, 3.8) is 0 Å². The van der Waals surface area contributed by atoms with Gasteiger partial charge in [0.15, 0.2) is 0 Å². The second kappa shape index (κ2) is 4.88. The van der Waals surface area contributed by atoms with Crippen LogP contribution in [0.1, 0.15) is 5.82 Å². The van der Waals surface area contributed by atoms with Gasteiger partial charge in [0.25, 0.3) is 5.88 Å². The van der Waals surface area contributed by atoms with E-state index in [1.54, 1.807) is 12.1 Å². The van der Waals surface area contributed by atoms with Gasteiger partial charge in [-0.1, -0.05) is 30.3 Å². The van der Waals surface area contributed by atoms with Gasteiger partial charge in [-0.25, -0.2) is 4.98 Å². The molecule has 0 unspecified atom stereocenters. The Morgan fingerprint density at radius 3 is 2.53 bits per heavy atom. The molecule has 0 amide bonds. The molecule has 1 aromatic heterocycles. The molecule has 0 saturated heterocycles. The standard InChI is InChI=1S/C12H12FN3O/c1-17-12-10(13)11(15-9(7-14)16-12)8-5-3-2-4-6-8/h2-6H,7,14H2,1H3. The smallest absolute Gasteiger partial charge is 0.254 e. The van der Waals surface area contributed by atoms with Gasteiger partial charge in [0.05, 0.1) is 13.7 Å². The van der Waals surface area contributed by atoms with Gasteiger partial charge >= 0.3 is 0 Å². The van der Waals surface area contributed by atoms with Crippen molar-refractivity contribution in [2.75, 3.05) is 7.11 Å². The third kappa shape index (κ3) is 2.24. The average molecular weight is 233 g/mol. The van der Waals surface area contributed by atoms with E-state index < -0.39 is 5.82 Å². The zero-order valence-corrected chi connectivity index (χ0v) is 9.35. The van der Waals surface area contributed by atoms with E-state index in [0.717, 1.165) is 0 Å². The molecule has 0 bridgehead atoms. The van der Waals surface area contributed by atoms with Crippen LogP contribution in [0.4, 0.5) is 4.39 Å². The number of nitrogens with zero attached hydrogens (tertiary/aromatic N) is 2. The summed E-state index contributed by atoms with van der Waals surface area (Å²) in [5.41, 5.74) is 6.34. The van der Waals surface area contributed by atoms with Crippen molar-refractivity contribution in [3.8, 4) is 17.1 Å². The number of methoxy groups -OCH3 is 1. The van der Waals surface area contributed by atoms with Gasteiger partial charge < -0.3 is 10.5 Å². The molecule has 5 heteroatoms. The number of hydrogen-bond acceptors (Lipinski definition) is 4. The van der Waals surface area contributed by atoms with Crippen LogP contribution in [0, 0.1) is 5.82 Å². The maximum absolute atomic E-state index is 14.0. The average Bonchev–Trinajstić information content (AvgIpc) is 2.40.